The van der Waals surface area contributed by atoms with E-state index in [0.717, 1.165) is 10.0 Å². The summed E-state index contributed by atoms with van der Waals surface area (Å²) in [5, 5.41) is 23.4. The summed E-state index contributed by atoms with van der Waals surface area (Å²) >= 11 is 3.37. The fourth-order valence-electron chi connectivity index (χ4n) is 2.78. The Morgan fingerprint density at radius 1 is 1.09 bits per heavy atom. The number of nitrogens with one attached hydrogen (secondary N) is 1. The van der Waals surface area contributed by atoms with Crippen LogP contribution < -0.4 is 5.32 Å². The standard InChI is InChI=1S/C16H14BrNO4/c1-22-16(21)15-13-11(20)7-6-10(19)12(13)14(18-15)8-2-4-9(17)5-3-8/h2-7,14-15,18-20H,1H3/t14-,15-/m0/s1. The van der Waals surface area contributed by atoms with E-state index >= 15 is 0 Å². The second-order valence-electron chi connectivity index (χ2n) is 5.04. The summed E-state index contributed by atoms with van der Waals surface area (Å²) in [5.41, 5.74) is 1.73. The Hall–Kier alpha value is -2.05. The SMILES string of the molecule is COC(=O)[C@H]1N[C@@H](c2ccc(Br)cc2)c2c(O)ccc(O)c21. The quantitative estimate of drug-likeness (QED) is 0.564. The molecule has 114 valence electrons. The number of rotatable bonds is 2. The van der Waals surface area contributed by atoms with Gasteiger partial charge < -0.3 is 14.9 Å². The lowest BCUT2D eigenvalue weighted by Gasteiger charge is -2.15. The van der Waals surface area contributed by atoms with Crippen molar-refractivity contribution in [2.75, 3.05) is 7.11 Å². The summed E-state index contributed by atoms with van der Waals surface area (Å²) in [6, 6.07) is 9.09. The van der Waals surface area contributed by atoms with Crippen LogP contribution in [0.25, 0.3) is 0 Å². The first-order chi connectivity index (χ1) is 10.5. The molecule has 0 unspecified atom stereocenters. The highest BCUT2D eigenvalue weighted by Crippen LogP contribution is 2.46. The van der Waals surface area contributed by atoms with E-state index in [9.17, 15) is 15.0 Å². The van der Waals surface area contributed by atoms with Gasteiger partial charge in [-0.05, 0) is 29.8 Å². The van der Waals surface area contributed by atoms with Crippen molar-refractivity contribution in [3.8, 4) is 11.5 Å². The molecule has 0 radical (unpaired) electrons. The van der Waals surface area contributed by atoms with Crippen LogP contribution in [-0.2, 0) is 9.53 Å². The molecule has 0 aromatic heterocycles. The zero-order chi connectivity index (χ0) is 15.9. The average Bonchev–Trinajstić information content (AvgIpc) is 2.93. The minimum Gasteiger partial charge on any atom is -0.508 e. The summed E-state index contributed by atoms with van der Waals surface area (Å²) in [6.45, 7) is 0. The van der Waals surface area contributed by atoms with Gasteiger partial charge in [0.15, 0.2) is 0 Å². The van der Waals surface area contributed by atoms with Gasteiger partial charge in [-0.1, -0.05) is 28.1 Å². The van der Waals surface area contributed by atoms with Crippen LogP contribution in [-0.4, -0.2) is 23.3 Å². The zero-order valence-corrected chi connectivity index (χ0v) is 13.3. The largest absolute Gasteiger partial charge is 0.508 e. The number of carbonyl (C=O) groups excluding carboxylic acids is 1. The molecule has 3 N–H and O–H groups in total. The lowest BCUT2D eigenvalue weighted by atomic mass is 9.95. The number of ether oxygens (including phenoxy) is 1. The van der Waals surface area contributed by atoms with E-state index in [1.165, 1.54) is 19.2 Å². The molecule has 0 saturated heterocycles. The number of hydrogen-bond donors (Lipinski definition) is 3. The topological polar surface area (TPSA) is 78.8 Å². The fraction of sp³-hybridized carbons (Fsp3) is 0.188. The second-order valence-corrected chi connectivity index (χ2v) is 5.95. The van der Waals surface area contributed by atoms with Gasteiger partial charge in [0.05, 0.1) is 13.2 Å². The van der Waals surface area contributed by atoms with Gasteiger partial charge in [0.2, 0.25) is 0 Å². The van der Waals surface area contributed by atoms with Crippen LogP contribution in [0.2, 0.25) is 0 Å². The van der Waals surface area contributed by atoms with Crippen LogP contribution in [0.1, 0.15) is 28.8 Å². The molecule has 22 heavy (non-hydrogen) atoms. The lowest BCUT2D eigenvalue weighted by Crippen LogP contribution is -2.26. The monoisotopic (exact) mass is 363 g/mol. The number of esters is 1. The highest BCUT2D eigenvalue weighted by molar-refractivity contribution is 9.10. The number of aromatic hydroxyl groups is 2. The molecule has 2 aromatic carbocycles. The molecule has 2 aromatic rings. The smallest absolute Gasteiger partial charge is 0.327 e. The van der Waals surface area contributed by atoms with Crippen LogP contribution in [0, 0.1) is 0 Å². The Morgan fingerprint density at radius 2 is 1.68 bits per heavy atom. The third kappa shape index (κ3) is 2.34. The molecule has 0 saturated carbocycles. The minimum atomic E-state index is -0.819. The van der Waals surface area contributed by atoms with Gasteiger partial charge in [0, 0.05) is 15.6 Å². The number of halogens is 1. The molecular weight excluding hydrogens is 350 g/mol. The van der Waals surface area contributed by atoms with E-state index in [2.05, 4.69) is 21.2 Å². The van der Waals surface area contributed by atoms with Gasteiger partial charge in [0.25, 0.3) is 0 Å². The average molecular weight is 364 g/mol. The van der Waals surface area contributed by atoms with Crippen molar-refractivity contribution in [2.24, 2.45) is 0 Å². The van der Waals surface area contributed by atoms with Crippen molar-refractivity contribution < 1.29 is 19.7 Å². The van der Waals surface area contributed by atoms with Gasteiger partial charge in [-0.15, -0.1) is 0 Å². The number of fused-ring (bicyclic) bond motifs is 1. The number of methoxy groups -OCH3 is 1. The fourth-order valence-corrected chi connectivity index (χ4v) is 3.04. The van der Waals surface area contributed by atoms with E-state index in [4.69, 9.17) is 4.74 Å². The summed E-state index contributed by atoms with van der Waals surface area (Å²) in [6.07, 6.45) is 0. The molecule has 2 atom stereocenters. The summed E-state index contributed by atoms with van der Waals surface area (Å²) in [7, 11) is 1.29. The Kier molecular flexibility index (Phi) is 3.80. The number of benzene rings is 2. The maximum absolute atomic E-state index is 12.0. The maximum atomic E-state index is 12.0. The summed E-state index contributed by atoms with van der Waals surface area (Å²) < 4.78 is 5.72. The van der Waals surface area contributed by atoms with Crippen LogP contribution in [0.15, 0.2) is 40.9 Å². The first-order valence-electron chi connectivity index (χ1n) is 6.67. The number of carbonyl (C=O) groups is 1. The molecule has 0 amide bonds. The Labute approximate surface area is 135 Å². The highest BCUT2D eigenvalue weighted by Gasteiger charge is 2.40. The van der Waals surface area contributed by atoms with Crippen molar-refractivity contribution >= 4 is 21.9 Å². The molecule has 0 bridgehead atoms. The first-order valence-corrected chi connectivity index (χ1v) is 7.46. The molecule has 1 heterocycles. The van der Waals surface area contributed by atoms with Crippen molar-refractivity contribution in [1.82, 2.24) is 5.32 Å². The Balaban J connectivity index is 2.15. The predicted octanol–water partition coefficient (Wildman–Crippen LogP) is 2.77. The molecule has 0 fully saturated rings. The van der Waals surface area contributed by atoms with Gasteiger partial charge in [-0.2, -0.15) is 0 Å². The van der Waals surface area contributed by atoms with Gasteiger partial charge in [-0.3, -0.25) is 5.32 Å². The Morgan fingerprint density at radius 3 is 2.27 bits per heavy atom. The van der Waals surface area contributed by atoms with Crippen molar-refractivity contribution in [3.63, 3.8) is 0 Å². The molecular formula is C16H14BrNO4. The van der Waals surface area contributed by atoms with Crippen LogP contribution in [0.4, 0.5) is 0 Å². The third-order valence-corrected chi connectivity index (χ3v) is 4.32. The highest BCUT2D eigenvalue weighted by atomic mass is 79.9. The van der Waals surface area contributed by atoms with Crippen LogP contribution in [0.3, 0.4) is 0 Å². The molecule has 1 aliphatic heterocycles. The lowest BCUT2D eigenvalue weighted by molar-refractivity contribution is -0.143. The Bertz CT molecular complexity index is 730. The van der Waals surface area contributed by atoms with Gasteiger partial charge in [-0.25, -0.2) is 4.79 Å². The van der Waals surface area contributed by atoms with Crippen molar-refractivity contribution in [2.45, 2.75) is 12.1 Å². The normalized spacial score (nSPS) is 19.7. The molecule has 6 heteroatoms. The molecule has 5 nitrogen and oxygen atoms in total. The van der Waals surface area contributed by atoms with E-state index in [-0.39, 0.29) is 11.5 Å². The second kappa shape index (κ2) is 5.62. The summed E-state index contributed by atoms with van der Waals surface area (Å²) in [4.78, 5) is 12.0. The van der Waals surface area contributed by atoms with Crippen LogP contribution >= 0.6 is 15.9 Å². The van der Waals surface area contributed by atoms with E-state index in [1.54, 1.807) is 0 Å². The summed E-state index contributed by atoms with van der Waals surface area (Å²) in [5.74, 6) is -0.531. The predicted molar refractivity (Wildman–Crippen MR) is 83.6 cm³/mol. The van der Waals surface area contributed by atoms with Gasteiger partial charge in [0.1, 0.15) is 17.5 Å². The van der Waals surface area contributed by atoms with Gasteiger partial charge >= 0.3 is 5.97 Å². The van der Waals surface area contributed by atoms with E-state index in [1.807, 2.05) is 24.3 Å². The molecule has 1 aliphatic rings. The zero-order valence-electron chi connectivity index (χ0n) is 11.7. The van der Waals surface area contributed by atoms with Crippen molar-refractivity contribution in [1.29, 1.82) is 0 Å². The maximum Gasteiger partial charge on any atom is 0.327 e. The van der Waals surface area contributed by atoms with Crippen molar-refractivity contribution in [3.05, 3.63) is 57.6 Å². The number of phenols is 2. The first kappa shape index (κ1) is 14.9. The van der Waals surface area contributed by atoms with Crippen LogP contribution in [0.5, 0.6) is 11.5 Å². The van der Waals surface area contributed by atoms with E-state index < -0.39 is 18.1 Å². The molecule has 0 spiro atoms. The number of phenolic OH excluding ortho intramolecular Hbond substituents is 2. The minimum absolute atomic E-state index is 0.0274. The van der Waals surface area contributed by atoms with E-state index in [0.29, 0.717) is 11.1 Å². The number of hydrogen-bond acceptors (Lipinski definition) is 5. The molecule has 3 rings (SSSR count). The molecule has 0 aliphatic carbocycles. The third-order valence-electron chi connectivity index (χ3n) is 3.79.